The first kappa shape index (κ1) is 16.9. The Bertz CT molecular complexity index is 558. The lowest BCUT2D eigenvalue weighted by Gasteiger charge is -2.28. The van der Waals surface area contributed by atoms with E-state index in [0.29, 0.717) is 18.5 Å². The van der Waals surface area contributed by atoms with E-state index in [4.69, 9.17) is 16.3 Å². The van der Waals surface area contributed by atoms with Crippen LogP contribution in [0.1, 0.15) is 18.1 Å². The lowest BCUT2D eigenvalue weighted by Crippen LogP contribution is -2.38. The maximum atomic E-state index is 5.98. The monoisotopic (exact) mass is 317 g/mol. The molecule has 0 saturated carbocycles. The molecule has 0 aliphatic carbocycles. The Kier molecular flexibility index (Phi) is 6.75. The highest BCUT2D eigenvalue weighted by Crippen LogP contribution is 2.17. The molecule has 3 heteroatoms. The molecule has 2 aromatic carbocycles. The molecule has 0 heterocycles. The Morgan fingerprint density at radius 1 is 1.05 bits per heavy atom. The molecule has 1 atom stereocenters. The summed E-state index contributed by atoms with van der Waals surface area (Å²) in [5, 5.41) is 0. The Morgan fingerprint density at radius 3 is 2.41 bits per heavy atom. The number of rotatable bonds is 8. The van der Waals surface area contributed by atoms with Crippen LogP contribution in [0, 0.1) is 6.92 Å². The molecule has 0 aliphatic rings. The van der Waals surface area contributed by atoms with E-state index in [0.717, 1.165) is 18.8 Å². The highest BCUT2D eigenvalue weighted by atomic mass is 35.5. The van der Waals surface area contributed by atoms with Gasteiger partial charge < -0.3 is 4.74 Å². The first-order chi connectivity index (χ1) is 10.7. The number of aryl methyl sites for hydroxylation is 1. The zero-order valence-electron chi connectivity index (χ0n) is 13.3. The normalized spacial score (nSPS) is 12.4. The Balaban J connectivity index is 1.94. The summed E-state index contributed by atoms with van der Waals surface area (Å²) in [4.78, 5) is 2.36. The fourth-order valence-electron chi connectivity index (χ4n) is 2.42. The van der Waals surface area contributed by atoms with Crippen molar-refractivity contribution < 1.29 is 4.74 Å². The molecule has 0 saturated heterocycles. The summed E-state index contributed by atoms with van der Waals surface area (Å²) in [6.45, 7) is 6.67. The second-order valence-electron chi connectivity index (χ2n) is 5.57. The maximum absolute atomic E-state index is 5.98. The molecular formula is C19H24ClNO. The number of benzene rings is 2. The summed E-state index contributed by atoms with van der Waals surface area (Å²) >= 11 is 5.97. The molecule has 0 fully saturated rings. The minimum absolute atomic E-state index is 0.304. The van der Waals surface area contributed by atoms with Gasteiger partial charge >= 0.3 is 0 Å². The van der Waals surface area contributed by atoms with Gasteiger partial charge in [0.2, 0.25) is 0 Å². The van der Waals surface area contributed by atoms with Gasteiger partial charge in [-0.25, -0.2) is 0 Å². The predicted molar refractivity (Wildman–Crippen MR) is 93.7 cm³/mol. The van der Waals surface area contributed by atoms with Gasteiger partial charge in [-0.1, -0.05) is 48.5 Å². The fraction of sp³-hybridized carbons (Fsp3) is 0.368. The minimum Gasteiger partial charge on any atom is -0.492 e. The van der Waals surface area contributed by atoms with Crippen molar-refractivity contribution >= 4 is 11.6 Å². The average molecular weight is 318 g/mol. The van der Waals surface area contributed by atoms with Gasteiger partial charge in [-0.2, -0.15) is 0 Å². The lowest BCUT2D eigenvalue weighted by atomic mass is 10.2. The van der Waals surface area contributed by atoms with E-state index in [9.17, 15) is 0 Å². The van der Waals surface area contributed by atoms with E-state index in [1.807, 2.05) is 24.3 Å². The second kappa shape index (κ2) is 8.82. The van der Waals surface area contributed by atoms with Gasteiger partial charge in [0.05, 0.1) is 0 Å². The second-order valence-corrected chi connectivity index (χ2v) is 5.95. The van der Waals surface area contributed by atoms with Crippen LogP contribution in [0.5, 0.6) is 5.75 Å². The number of hydrogen-bond donors (Lipinski definition) is 0. The van der Waals surface area contributed by atoms with Crippen LogP contribution < -0.4 is 4.74 Å². The molecule has 2 rings (SSSR count). The van der Waals surface area contributed by atoms with Crippen LogP contribution in [0.15, 0.2) is 54.6 Å². The SMILES string of the molecule is Cc1ccccc1OCC(C)N(CCCl)Cc1ccccc1. The quantitative estimate of drug-likeness (QED) is 0.664. The highest BCUT2D eigenvalue weighted by molar-refractivity contribution is 6.18. The van der Waals surface area contributed by atoms with Gasteiger partial charge in [0.1, 0.15) is 12.4 Å². The van der Waals surface area contributed by atoms with Crippen molar-refractivity contribution in [3.05, 3.63) is 65.7 Å². The van der Waals surface area contributed by atoms with Crippen LogP contribution in [0.2, 0.25) is 0 Å². The molecule has 0 spiro atoms. The summed E-state index contributed by atoms with van der Waals surface area (Å²) in [6, 6.07) is 18.9. The third-order valence-corrected chi connectivity index (χ3v) is 3.97. The number of alkyl halides is 1. The molecule has 0 aliphatic heterocycles. The molecule has 0 N–H and O–H groups in total. The van der Waals surface area contributed by atoms with Crippen LogP contribution >= 0.6 is 11.6 Å². The third-order valence-electron chi connectivity index (χ3n) is 3.80. The number of para-hydroxylation sites is 1. The first-order valence-corrected chi connectivity index (χ1v) is 8.26. The van der Waals surface area contributed by atoms with Crippen molar-refractivity contribution in [2.45, 2.75) is 26.4 Å². The maximum Gasteiger partial charge on any atom is 0.122 e. The lowest BCUT2D eigenvalue weighted by molar-refractivity contribution is 0.146. The summed E-state index contributed by atoms with van der Waals surface area (Å²) in [5.41, 5.74) is 2.47. The van der Waals surface area contributed by atoms with Crippen LogP contribution in [0.25, 0.3) is 0 Å². The molecule has 1 unspecified atom stereocenters. The van der Waals surface area contributed by atoms with E-state index in [1.165, 1.54) is 11.1 Å². The number of nitrogens with zero attached hydrogens (tertiary/aromatic N) is 1. The van der Waals surface area contributed by atoms with Crippen molar-refractivity contribution in [1.82, 2.24) is 4.90 Å². The number of halogens is 1. The molecule has 118 valence electrons. The number of ether oxygens (including phenoxy) is 1. The molecule has 0 amide bonds. The van der Waals surface area contributed by atoms with Crippen LogP contribution in [0.3, 0.4) is 0 Å². The van der Waals surface area contributed by atoms with Crippen LogP contribution in [-0.4, -0.2) is 30.0 Å². The first-order valence-electron chi connectivity index (χ1n) is 7.73. The van der Waals surface area contributed by atoms with Crippen LogP contribution in [-0.2, 0) is 6.54 Å². The standard InChI is InChI=1S/C19H24ClNO/c1-16-8-6-7-11-19(16)22-15-17(2)21(13-12-20)14-18-9-4-3-5-10-18/h3-11,17H,12-15H2,1-2H3. The zero-order chi connectivity index (χ0) is 15.8. The van der Waals surface area contributed by atoms with E-state index < -0.39 is 0 Å². The molecule has 0 bridgehead atoms. The van der Waals surface area contributed by atoms with Crippen molar-refractivity contribution in [1.29, 1.82) is 0 Å². The van der Waals surface area contributed by atoms with Crippen molar-refractivity contribution in [3.63, 3.8) is 0 Å². The zero-order valence-corrected chi connectivity index (χ0v) is 14.1. The molecule has 0 aromatic heterocycles. The molecular weight excluding hydrogens is 294 g/mol. The van der Waals surface area contributed by atoms with Crippen molar-refractivity contribution in [2.75, 3.05) is 19.0 Å². The van der Waals surface area contributed by atoms with Crippen molar-refractivity contribution in [2.24, 2.45) is 0 Å². The van der Waals surface area contributed by atoms with Gasteiger partial charge in [-0.3, -0.25) is 4.90 Å². The average Bonchev–Trinajstić information content (AvgIpc) is 2.54. The summed E-state index contributed by atoms with van der Waals surface area (Å²) < 4.78 is 5.98. The van der Waals surface area contributed by atoms with Crippen molar-refractivity contribution in [3.8, 4) is 5.75 Å². The van der Waals surface area contributed by atoms with E-state index >= 15 is 0 Å². The van der Waals surface area contributed by atoms with E-state index in [1.54, 1.807) is 0 Å². The molecule has 2 aromatic rings. The summed E-state index contributed by atoms with van der Waals surface area (Å²) in [6.07, 6.45) is 0. The molecule has 22 heavy (non-hydrogen) atoms. The smallest absolute Gasteiger partial charge is 0.122 e. The minimum atomic E-state index is 0.304. The largest absolute Gasteiger partial charge is 0.492 e. The summed E-state index contributed by atoms with van der Waals surface area (Å²) in [5.74, 6) is 1.58. The molecule has 2 nitrogen and oxygen atoms in total. The van der Waals surface area contributed by atoms with Gasteiger partial charge in [0, 0.05) is 25.0 Å². The Morgan fingerprint density at radius 2 is 1.73 bits per heavy atom. The van der Waals surface area contributed by atoms with Gasteiger partial charge in [0.15, 0.2) is 0 Å². The predicted octanol–water partition coefficient (Wildman–Crippen LogP) is 4.50. The van der Waals surface area contributed by atoms with E-state index in [-0.39, 0.29) is 0 Å². The summed E-state index contributed by atoms with van der Waals surface area (Å²) in [7, 11) is 0. The third kappa shape index (κ3) is 5.04. The fourth-order valence-corrected chi connectivity index (χ4v) is 2.63. The van der Waals surface area contributed by atoms with Gasteiger partial charge in [0.25, 0.3) is 0 Å². The van der Waals surface area contributed by atoms with Gasteiger partial charge in [-0.05, 0) is 31.0 Å². The van der Waals surface area contributed by atoms with Crippen LogP contribution in [0.4, 0.5) is 0 Å². The number of hydrogen-bond acceptors (Lipinski definition) is 2. The van der Waals surface area contributed by atoms with E-state index in [2.05, 4.69) is 49.1 Å². The topological polar surface area (TPSA) is 12.5 Å². The Hall–Kier alpha value is -1.51. The van der Waals surface area contributed by atoms with Gasteiger partial charge in [-0.15, -0.1) is 11.6 Å². The Labute approximate surface area is 138 Å². The molecule has 0 radical (unpaired) electrons. The highest BCUT2D eigenvalue weighted by Gasteiger charge is 2.15.